The van der Waals surface area contributed by atoms with Crippen LogP contribution in [0.15, 0.2) is 29.2 Å². The molecule has 0 radical (unpaired) electrons. The van der Waals surface area contributed by atoms with Gasteiger partial charge >= 0.3 is 6.18 Å². The van der Waals surface area contributed by atoms with E-state index in [1.807, 2.05) is 0 Å². The summed E-state index contributed by atoms with van der Waals surface area (Å²) in [7, 11) is -4.84. The Bertz CT molecular complexity index is 520. The molecule has 0 aliphatic rings. The first-order valence-corrected chi connectivity index (χ1v) is 7.87. The summed E-state index contributed by atoms with van der Waals surface area (Å²) in [5.74, 6) is 0. The van der Waals surface area contributed by atoms with Gasteiger partial charge in [-0.15, -0.1) is 0 Å². The van der Waals surface area contributed by atoms with Gasteiger partial charge in [-0.1, -0.05) is 32.9 Å². The van der Waals surface area contributed by atoms with Gasteiger partial charge in [0.1, 0.15) is 4.90 Å². The summed E-state index contributed by atoms with van der Waals surface area (Å²) in [6, 6.07) is 3.41. The molecule has 122 valence electrons. The van der Waals surface area contributed by atoms with E-state index in [0.717, 1.165) is 12.1 Å². The van der Waals surface area contributed by atoms with Crippen molar-refractivity contribution in [2.75, 3.05) is 19.6 Å². The summed E-state index contributed by atoms with van der Waals surface area (Å²) >= 11 is 0. The van der Waals surface area contributed by atoms with Crippen molar-refractivity contribution in [3.8, 4) is 0 Å². The van der Waals surface area contributed by atoms with Crippen molar-refractivity contribution < 1.29 is 26.1 Å². The number of nitrogens with zero attached hydrogens (tertiary/aromatic N) is 1. The Labute approximate surface area is 123 Å². The fourth-order valence-electron chi connectivity index (χ4n) is 1.60. The smallest absolute Gasteiger partial charge is 0.304 e. The Hall–Kier alpha value is -1.12. The van der Waals surface area contributed by atoms with Gasteiger partial charge in [0.25, 0.3) is 10.1 Å². The van der Waals surface area contributed by atoms with Gasteiger partial charge in [-0.2, -0.15) is 21.6 Å². The van der Waals surface area contributed by atoms with Gasteiger partial charge in [0.15, 0.2) is 0 Å². The van der Waals surface area contributed by atoms with Crippen LogP contribution in [0.5, 0.6) is 0 Å². The molecule has 0 heterocycles. The highest BCUT2D eigenvalue weighted by Crippen LogP contribution is 2.33. The second-order valence-corrected chi connectivity index (χ2v) is 5.48. The average molecular weight is 327 g/mol. The van der Waals surface area contributed by atoms with Gasteiger partial charge in [-0.3, -0.25) is 4.55 Å². The summed E-state index contributed by atoms with van der Waals surface area (Å²) in [5, 5.41) is 0. The Morgan fingerprint density at radius 2 is 1.48 bits per heavy atom. The predicted molar refractivity (Wildman–Crippen MR) is 74.7 cm³/mol. The standard InChI is InChI=1S/C7H5F3O3S.C6H15N/c8-7(9,10)5-3-1-2-4-6(5)14(11,12)13;1-4-7(5-2)6-3/h1-4H,(H,11,12,13);4-6H2,1-3H3. The van der Waals surface area contributed by atoms with Crippen LogP contribution in [0.3, 0.4) is 0 Å². The van der Waals surface area contributed by atoms with Crippen LogP contribution in [0.2, 0.25) is 0 Å². The normalized spacial score (nSPS) is 12.0. The van der Waals surface area contributed by atoms with Crippen LogP contribution >= 0.6 is 0 Å². The lowest BCUT2D eigenvalue weighted by Gasteiger charge is -2.13. The highest BCUT2D eigenvalue weighted by Gasteiger charge is 2.36. The third-order valence-electron chi connectivity index (χ3n) is 2.81. The second-order valence-electron chi connectivity index (χ2n) is 4.09. The average Bonchev–Trinajstić information content (AvgIpc) is 2.39. The Morgan fingerprint density at radius 1 is 1.05 bits per heavy atom. The van der Waals surface area contributed by atoms with Crippen molar-refractivity contribution in [1.82, 2.24) is 4.90 Å². The summed E-state index contributed by atoms with van der Waals surface area (Å²) < 4.78 is 66.2. The monoisotopic (exact) mass is 327 g/mol. The molecule has 0 spiro atoms. The SMILES string of the molecule is CCN(CC)CC.O=S(=O)(O)c1ccccc1C(F)(F)F. The number of hydrogen-bond donors (Lipinski definition) is 1. The highest BCUT2D eigenvalue weighted by molar-refractivity contribution is 7.85. The van der Waals surface area contributed by atoms with Crippen molar-refractivity contribution in [3.05, 3.63) is 29.8 Å². The minimum Gasteiger partial charge on any atom is -0.304 e. The molecule has 1 aromatic rings. The summed E-state index contributed by atoms with van der Waals surface area (Å²) in [4.78, 5) is 1.24. The van der Waals surface area contributed by atoms with Gasteiger partial charge in [0, 0.05) is 0 Å². The van der Waals surface area contributed by atoms with Crippen LogP contribution < -0.4 is 0 Å². The van der Waals surface area contributed by atoms with E-state index >= 15 is 0 Å². The van der Waals surface area contributed by atoms with Crippen molar-refractivity contribution >= 4 is 10.1 Å². The van der Waals surface area contributed by atoms with Gasteiger partial charge in [-0.05, 0) is 31.8 Å². The number of benzene rings is 1. The van der Waals surface area contributed by atoms with E-state index in [1.165, 1.54) is 19.6 Å². The van der Waals surface area contributed by atoms with Crippen LogP contribution in [0, 0.1) is 0 Å². The van der Waals surface area contributed by atoms with E-state index in [-0.39, 0.29) is 0 Å². The second kappa shape index (κ2) is 8.35. The van der Waals surface area contributed by atoms with Gasteiger partial charge < -0.3 is 4.90 Å². The predicted octanol–water partition coefficient (Wildman–Crippen LogP) is 3.30. The Balaban J connectivity index is 0.000000486. The first-order valence-electron chi connectivity index (χ1n) is 6.43. The molecular weight excluding hydrogens is 307 g/mol. The highest BCUT2D eigenvalue weighted by atomic mass is 32.2. The molecule has 0 saturated carbocycles. The minimum atomic E-state index is -4.84. The quantitative estimate of drug-likeness (QED) is 0.862. The fraction of sp³-hybridized carbons (Fsp3) is 0.538. The molecule has 0 saturated heterocycles. The number of rotatable bonds is 4. The zero-order valence-corrected chi connectivity index (χ0v) is 13.0. The Kier molecular flexibility index (Phi) is 7.91. The molecule has 1 aromatic carbocycles. The number of alkyl halides is 3. The van der Waals surface area contributed by atoms with Crippen LogP contribution in [-0.4, -0.2) is 37.5 Å². The first kappa shape index (κ1) is 19.9. The lowest BCUT2D eigenvalue weighted by Crippen LogP contribution is -2.21. The molecule has 4 nitrogen and oxygen atoms in total. The molecule has 0 bridgehead atoms. The lowest BCUT2D eigenvalue weighted by atomic mass is 10.2. The zero-order chi connectivity index (χ0) is 16.7. The van der Waals surface area contributed by atoms with Gasteiger partial charge in [-0.25, -0.2) is 0 Å². The van der Waals surface area contributed by atoms with E-state index < -0.39 is 26.8 Å². The summed E-state index contributed by atoms with van der Waals surface area (Å²) in [6.45, 7) is 10.1. The van der Waals surface area contributed by atoms with Crippen molar-refractivity contribution in [1.29, 1.82) is 0 Å². The van der Waals surface area contributed by atoms with Gasteiger partial charge in [0.05, 0.1) is 5.56 Å². The van der Waals surface area contributed by atoms with E-state index in [4.69, 9.17) is 4.55 Å². The third kappa shape index (κ3) is 6.92. The third-order valence-corrected chi connectivity index (χ3v) is 3.72. The maximum absolute atomic E-state index is 12.2. The molecule has 0 atom stereocenters. The lowest BCUT2D eigenvalue weighted by molar-refractivity contribution is -0.140. The molecule has 1 N–H and O–H groups in total. The number of hydrogen-bond acceptors (Lipinski definition) is 3. The summed E-state index contributed by atoms with van der Waals surface area (Å²) in [5.41, 5.74) is -1.37. The maximum Gasteiger partial charge on any atom is 0.417 e. The van der Waals surface area contributed by atoms with E-state index in [1.54, 1.807) is 0 Å². The van der Waals surface area contributed by atoms with E-state index in [0.29, 0.717) is 12.1 Å². The molecule has 0 aromatic heterocycles. The molecule has 0 amide bonds. The van der Waals surface area contributed by atoms with E-state index in [2.05, 4.69) is 25.7 Å². The number of halogens is 3. The molecular formula is C13H20F3NO3S. The molecule has 0 unspecified atom stereocenters. The van der Waals surface area contributed by atoms with E-state index in [9.17, 15) is 21.6 Å². The molecule has 0 aliphatic heterocycles. The zero-order valence-electron chi connectivity index (χ0n) is 12.2. The Morgan fingerprint density at radius 3 is 1.71 bits per heavy atom. The molecule has 1 rings (SSSR count). The maximum atomic E-state index is 12.2. The minimum absolute atomic E-state index is 0.586. The van der Waals surface area contributed by atoms with Crippen LogP contribution in [0.25, 0.3) is 0 Å². The molecule has 21 heavy (non-hydrogen) atoms. The molecule has 0 fully saturated rings. The molecule has 8 heteroatoms. The van der Waals surface area contributed by atoms with Crippen LogP contribution in [0.4, 0.5) is 13.2 Å². The fourth-order valence-corrected chi connectivity index (χ4v) is 2.31. The van der Waals surface area contributed by atoms with Crippen molar-refractivity contribution in [2.45, 2.75) is 31.8 Å². The van der Waals surface area contributed by atoms with Crippen LogP contribution in [0.1, 0.15) is 26.3 Å². The van der Waals surface area contributed by atoms with Crippen molar-refractivity contribution in [3.63, 3.8) is 0 Å². The first-order chi connectivity index (χ1) is 9.57. The van der Waals surface area contributed by atoms with Crippen molar-refractivity contribution in [2.24, 2.45) is 0 Å². The van der Waals surface area contributed by atoms with Gasteiger partial charge in [0.2, 0.25) is 0 Å². The molecule has 0 aliphatic carbocycles. The van der Waals surface area contributed by atoms with Crippen LogP contribution in [-0.2, 0) is 16.3 Å². The summed E-state index contributed by atoms with van der Waals surface area (Å²) in [6.07, 6.45) is -4.80. The topological polar surface area (TPSA) is 57.6 Å². The largest absolute Gasteiger partial charge is 0.417 e.